The van der Waals surface area contributed by atoms with Crippen LogP contribution >= 0.6 is 0 Å². The first-order valence-electron chi connectivity index (χ1n) is 5.32. The number of rotatable bonds is 4. The largest absolute Gasteiger partial charge is 0.489 e. The van der Waals surface area contributed by atoms with Crippen molar-refractivity contribution >= 4 is 5.91 Å². The minimum atomic E-state index is -0.188. The average Bonchev–Trinajstić information content (AvgIpc) is 3.12. The molecule has 2 rings (SSSR count). The Balaban J connectivity index is 2.29. The molecule has 0 atom stereocenters. The van der Waals surface area contributed by atoms with Gasteiger partial charge < -0.3 is 15.8 Å². The van der Waals surface area contributed by atoms with Gasteiger partial charge in [-0.05, 0) is 12.8 Å². The fraction of sp³-hybridized carbons (Fsp3) is 0.455. The van der Waals surface area contributed by atoms with Crippen LogP contribution in [0.1, 0.15) is 28.9 Å². The monoisotopic (exact) mass is 221 g/mol. The molecule has 0 bridgehead atoms. The second kappa shape index (κ2) is 4.49. The van der Waals surface area contributed by atoms with E-state index < -0.39 is 0 Å². The Bertz CT molecular complexity index is 402. The van der Waals surface area contributed by atoms with Crippen molar-refractivity contribution in [1.82, 2.24) is 10.3 Å². The zero-order chi connectivity index (χ0) is 11.5. The quantitative estimate of drug-likeness (QED) is 0.773. The molecule has 0 spiro atoms. The summed E-state index contributed by atoms with van der Waals surface area (Å²) in [6.07, 6.45) is 3.86. The smallest absolute Gasteiger partial charge is 0.256 e. The van der Waals surface area contributed by atoms with Gasteiger partial charge in [0.05, 0.1) is 17.4 Å². The molecule has 1 aliphatic carbocycles. The Morgan fingerprint density at radius 1 is 1.69 bits per heavy atom. The third-order valence-electron chi connectivity index (χ3n) is 2.42. The van der Waals surface area contributed by atoms with Crippen LogP contribution in [0.25, 0.3) is 0 Å². The van der Waals surface area contributed by atoms with Crippen molar-refractivity contribution in [2.24, 2.45) is 5.73 Å². The fourth-order valence-electron chi connectivity index (χ4n) is 1.36. The van der Waals surface area contributed by atoms with Crippen LogP contribution < -0.4 is 15.8 Å². The molecule has 1 aliphatic rings. The van der Waals surface area contributed by atoms with Crippen LogP contribution in [0.2, 0.25) is 0 Å². The number of carbonyl (C=O) groups is 1. The Morgan fingerprint density at radius 3 is 3.00 bits per heavy atom. The summed E-state index contributed by atoms with van der Waals surface area (Å²) in [6, 6.07) is 1.74. The molecule has 5 heteroatoms. The van der Waals surface area contributed by atoms with Gasteiger partial charge in [-0.3, -0.25) is 9.78 Å². The summed E-state index contributed by atoms with van der Waals surface area (Å²) in [5, 5.41) is 2.56. The van der Waals surface area contributed by atoms with Gasteiger partial charge >= 0.3 is 0 Å². The van der Waals surface area contributed by atoms with E-state index >= 15 is 0 Å². The molecule has 1 amide bonds. The van der Waals surface area contributed by atoms with Crippen LogP contribution in [0.3, 0.4) is 0 Å². The van der Waals surface area contributed by atoms with E-state index in [0.717, 1.165) is 18.5 Å². The van der Waals surface area contributed by atoms with Crippen LogP contribution in [-0.2, 0) is 6.54 Å². The van der Waals surface area contributed by atoms with Crippen LogP contribution in [0, 0.1) is 0 Å². The van der Waals surface area contributed by atoms with Gasteiger partial charge in [0.25, 0.3) is 5.91 Å². The van der Waals surface area contributed by atoms with E-state index in [0.29, 0.717) is 17.9 Å². The standard InChI is InChI=1S/C11H15N3O2/c1-13-11(15)9-6-14-7(5-12)4-10(9)16-8-2-3-8/h4,6,8H,2-3,5,12H2,1H3,(H,13,15). The van der Waals surface area contributed by atoms with Crippen LogP contribution in [0.15, 0.2) is 12.3 Å². The van der Waals surface area contributed by atoms with Crippen LogP contribution in [-0.4, -0.2) is 24.0 Å². The van der Waals surface area contributed by atoms with Gasteiger partial charge in [0, 0.05) is 25.9 Å². The highest BCUT2D eigenvalue weighted by Gasteiger charge is 2.25. The van der Waals surface area contributed by atoms with Crippen molar-refractivity contribution in [3.8, 4) is 5.75 Å². The molecule has 16 heavy (non-hydrogen) atoms. The average molecular weight is 221 g/mol. The lowest BCUT2D eigenvalue weighted by atomic mass is 10.2. The molecule has 1 aromatic rings. The number of ether oxygens (including phenoxy) is 1. The first kappa shape index (κ1) is 10.9. The second-order valence-electron chi connectivity index (χ2n) is 3.77. The summed E-state index contributed by atoms with van der Waals surface area (Å²) in [5.74, 6) is 0.393. The minimum Gasteiger partial charge on any atom is -0.489 e. The highest BCUT2D eigenvalue weighted by molar-refractivity contribution is 5.96. The van der Waals surface area contributed by atoms with Crippen molar-refractivity contribution in [3.05, 3.63) is 23.5 Å². The number of amides is 1. The van der Waals surface area contributed by atoms with Gasteiger partial charge in [0.2, 0.25) is 0 Å². The van der Waals surface area contributed by atoms with Crippen molar-refractivity contribution < 1.29 is 9.53 Å². The maximum absolute atomic E-state index is 11.6. The molecule has 3 N–H and O–H groups in total. The second-order valence-corrected chi connectivity index (χ2v) is 3.77. The lowest BCUT2D eigenvalue weighted by molar-refractivity contribution is 0.0958. The number of aromatic nitrogens is 1. The van der Waals surface area contributed by atoms with Crippen molar-refractivity contribution in [1.29, 1.82) is 0 Å². The molecule has 0 saturated heterocycles. The maximum atomic E-state index is 11.6. The number of nitrogens with two attached hydrogens (primary N) is 1. The van der Waals surface area contributed by atoms with Gasteiger partial charge in [-0.1, -0.05) is 0 Å². The molecular formula is C11H15N3O2. The van der Waals surface area contributed by atoms with E-state index in [2.05, 4.69) is 10.3 Å². The van der Waals surface area contributed by atoms with E-state index in [1.54, 1.807) is 13.1 Å². The Kier molecular flexibility index (Phi) is 3.05. The number of nitrogens with zero attached hydrogens (tertiary/aromatic N) is 1. The van der Waals surface area contributed by atoms with Gasteiger partial charge in [-0.25, -0.2) is 0 Å². The molecule has 1 aromatic heterocycles. The van der Waals surface area contributed by atoms with E-state index in [4.69, 9.17) is 10.5 Å². The lowest BCUT2D eigenvalue weighted by Crippen LogP contribution is -2.20. The minimum absolute atomic E-state index is 0.188. The highest BCUT2D eigenvalue weighted by atomic mass is 16.5. The van der Waals surface area contributed by atoms with E-state index in [1.807, 2.05) is 0 Å². The van der Waals surface area contributed by atoms with Crippen molar-refractivity contribution in [3.63, 3.8) is 0 Å². The highest BCUT2D eigenvalue weighted by Crippen LogP contribution is 2.29. The normalized spacial score (nSPS) is 14.6. The number of pyridine rings is 1. The number of carbonyl (C=O) groups excluding carboxylic acids is 1. The third-order valence-corrected chi connectivity index (χ3v) is 2.42. The third kappa shape index (κ3) is 2.30. The first-order chi connectivity index (χ1) is 7.74. The summed E-state index contributed by atoms with van der Waals surface area (Å²) in [7, 11) is 1.58. The molecule has 1 fully saturated rings. The lowest BCUT2D eigenvalue weighted by Gasteiger charge is -2.10. The van der Waals surface area contributed by atoms with Crippen LogP contribution in [0.4, 0.5) is 0 Å². The van der Waals surface area contributed by atoms with Gasteiger partial charge in [0.15, 0.2) is 0 Å². The summed E-state index contributed by atoms with van der Waals surface area (Å²) in [5.41, 5.74) is 6.69. The first-order valence-corrected chi connectivity index (χ1v) is 5.32. The topological polar surface area (TPSA) is 77.2 Å². The summed E-state index contributed by atoms with van der Waals surface area (Å²) < 4.78 is 5.67. The summed E-state index contributed by atoms with van der Waals surface area (Å²) in [6.45, 7) is 0.342. The van der Waals surface area contributed by atoms with E-state index in [-0.39, 0.29) is 12.0 Å². The maximum Gasteiger partial charge on any atom is 0.256 e. The number of hydrogen-bond donors (Lipinski definition) is 2. The Morgan fingerprint density at radius 2 is 2.44 bits per heavy atom. The zero-order valence-corrected chi connectivity index (χ0v) is 9.19. The van der Waals surface area contributed by atoms with Gasteiger partial charge in [-0.15, -0.1) is 0 Å². The van der Waals surface area contributed by atoms with E-state index in [1.165, 1.54) is 6.20 Å². The summed E-state index contributed by atoms with van der Waals surface area (Å²) >= 11 is 0. The zero-order valence-electron chi connectivity index (χ0n) is 9.19. The Hall–Kier alpha value is -1.62. The number of hydrogen-bond acceptors (Lipinski definition) is 4. The fourth-order valence-corrected chi connectivity index (χ4v) is 1.36. The van der Waals surface area contributed by atoms with Crippen LogP contribution in [0.5, 0.6) is 5.75 Å². The molecule has 0 aliphatic heterocycles. The SMILES string of the molecule is CNC(=O)c1cnc(CN)cc1OC1CC1. The molecule has 1 saturated carbocycles. The van der Waals surface area contributed by atoms with Crippen molar-refractivity contribution in [2.45, 2.75) is 25.5 Å². The van der Waals surface area contributed by atoms with E-state index in [9.17, 15) is 4.79 Å². The molecule has 0 aromatic carbocycles. The molecular weight excluding hydrogens is 206 g/mol. The van der Waals surface area contributed by atoms with Gasteiger partial charge in [-0.2, -0.15) is 0 Å². The van der Waals surface area contributed by atoms with Gasteiger partial charge in [0.1, 0.15) is 5.75 Å². The predicted molar refractivity (Wildman–Crippen MR) is 59.2 cm³/mol. The predicted octanol–water partition coefficient (Wildman–Crippen LogP) is 0.441. The number of nitrogens with one attached hydrogen (secondary N) is 1. The molecule has 0 unspecified atom stereocenters. The molecule has 5 nitrogen and oxygen atoms in total. The summed E-state index contributed by atoms with van der Waals surface area (Å²) in [4.78, 5) is 15.7. The Labute approximate surface area is 94.0 Å². The molecule has 1 heterocycles. The molecule has 86 valence electrons. The van der Waals surface area contributed by atoms with Crippen molar-refractivity contribution in [2.75, 3.05) is 7.05 Å². The molecule has 0 radical (unpaired) electrons.